The van der Waals surface area contributed by atoms with E-state index in [-0.39, 0.29) is 17.0 Å². The second kappa shape index (κ2) is 7.12. The van der Waals surface area contributed by atoms with Gasteiger partial charge in [0.05, 0.1) is 25.9 Å². The lowest BCUT2D eigenvalue weighted by atomic mass is 9.78. The van der Waals surface area contributed by atoms with Crippen LogP contribution < -0.4 is 26.1 Å². The fourth-order valence-electron chi connectivity index (χ4n) is 1.79. The second-order valence-corrected chi connectivity index (χ2v) is 5.02. The van der Waals surface area contributed by atoms with Crippen LogP contribution in [0.1, 0.15) is 5.56 Å². The third-order valence-electron chi connectivity index (χ3n) is 2.72. The van der Waals surface area contributed by atoms with Crippen molar-refractivity contribution in [3.05, 3.63) is 23.1 Å². The summed E-state index contributed by atoms with van der Waals surface area (Å²) in [5.41, 5.74) is 9.06. The van der Waals surface area contributed by atoms with Gasteiger partial charge in [-0.3, -0.25) is 5.43 Å². The number of rotatable bonds is 6. The van der Waals surface area contributed by atoms with E-state index >= 15 is 0 Å². The number of hydrazone groups is 1. The van der Waals surface area contributed by atoms with Gasteiger partial charge in [0.1, 0.15) is 17.3 Å². The fourth-order valence-corrected chi connectivity index (χ4v) is 2.34. The number of methoxy groups -OCH3 is 2. The Morgan fingerprint density at radius 2 is 1.95 bits per heavy atom. The number of hydrogen-bond donors (Lipinski definition) is 4. The molecule has 2 aromatic rings. The lowest BCUT2D eigenvalue weighted by Crippen LogP contribution is -2.32. The average molecular weight is 322 g/mol. The fraction of sp³-hybridized carbons (Fsp3) is 0.167. The predicted molar refractivity (Wildman–Crippen MR) is 87.1 cm³/mol. The van der Waals surface area contributed by atoms with Crippen molar-refractivity contribution in [2.24, 2.45) is 5.10 Å². The van der Waals surface area contributed by atoms with Crippen LogP contribution in [0.15, 0.2) is 22.6 Å². The Morgan fingerprint density at radius 1 is 1.32 bits per heavy atom. The van der Waals surface area contributed by atoms with Crippen LogP contribution in [-0.4, -0.2) is 42.6 Å². The summed E-state index contributed by atoms with van der Waals surface area (Å²) >= 11 is 1.33. The number of nitrogens with two attached hydrogens (primary N) is 1. The van der Waals surface area contributed by atoms with Crippen molar-refractivity contribution in [2.75, 3.05) is 25.4 Å². The monoisotopic (exact) mass is 322 g/mol. The smallest absolute Gasteiger partial charge is 0.496 e. The highest BCUT2D eigenvalue weighted by Gasteiger charge is 2.23. The Morgan fingerprint density at radius 3 is 2.41 bits per heavy atom. The zero-order chi connectivity index (χ0) is 16.1. The Bertz CT molecular complexity index is 652. The highest BCUT2D eigenvalue weighted by Crippen LogP contribution is 2.20. The van der Waals surface area contributed by atoms with Gasteiger partial charge >= 0.3 is 7.12 Å². The molecule has 0 aliphatic rings. The van der Waals surface area contributed by atoms with Crippen molar-refractivity contribution in [3.63, 3.8) is 0 Å². The zero-order valence-corrected chi connectivity index (χ0v) is 12.8. The number of nitrogens with zero attached hydrogens (tertiary/aromatic N) is 2. The molecule has 1 heterocycles. The van der Waals surface area contributed by atoms with Crippen molar-refractivity contribution >= 4 is 41.1 Å². The number of benzene rings is 1. The maximum absolute atomic E-state index is 9.40. The van der Waals surface area contributed by atoms with Gasteiger partial charge in [-0.25, -0.2) is 4.98 Å². The van der Waals surface area contributed by atoms with Crippen LogP contribution in [0.4, 0.5) is 10.9 Å². The molecule has 0 aliphatic heterocycles. The van der Waals surface area contributed by atoms with E-state index in [4.69, 9.17) is 15.2 Å². The molecule has 0 bridgehead atoms. The molecule has 0 unspecified atom stereocenters. The van der Waals surface area contributed by atoms with Crippen LogP contribution in [0.3, 0.4) is 0 Å². The van der Waals surface area contributed by atoms with E-state index in [1.54, 1.807) is 17.5 Å². The summed E-state index contributed by atoms with van der Waals surface area (Å²) < 4.78 is 10.3. The number of aromatic nitrogens is 1. The van der Waals surface area contributed by atoms with Crippen LogP contribution in [0.5, 0.6) is 11.5 Å². The molecule has 5 N–H and O–H groups in total. The van der Waals surface area contributed by atoms with Gasteiger partial charge in [-0.2, -0.15) is 5.10 Å². The third kappa shape index (κ3) is 3.67. The normalized spacial score (nSPS) is 10.7. The summed E-state index contributed by atoms with van der Waals surface area (Å²) in [7, 11) is 1.16. The summed E-state index contributed by atoms with van der Waals surface area (Å²) in [6.07, 6.45) is 1.52. The lowest BCUT2D eigenvalue weighted by Gasteiger charge is -2.13. The van der Waals surface area contributed by atoms with Gasteiger partial charge in [-0.1, -0.05) is 0 Å². The first-order chi connectivity index (χ1) is 10.5. The maximum atomic E-state index is 9.40. The van der Waals surface area contributed by atoms with Crippen molar-refractivity contribution in [3.8, 4) is 11.5 Å². The van der Waals surface area contributed by atoms with Gasteiger partial charge in [0, 0.05) is 10.9 Å². The molecular weight excluding hydrogens is 307 g/mol. The molecule has 2 rings (SSSR count). The first-order valence-electron chi connectivity index (χ1n) is 6.17. The van der Waals surface area contributed by atoms with E-state index in [1.165, 1.54) is 31.8 Å². The summed E-state index contributed by atoms with van der Waals surface area (Å²) in [6.45, 7) is 0. The molecule has 10 heteroatoms. The molecule has 22 heavy (non-hydrogen) atoms. The Balaban J connectivity index is 2.24. The van der Waals surface area contributed by atoms with E-state index in [1.807, 2.05) is 0 Å². The van der Waals surface area contributed by atoms with Gasteiger partial charge in [0.2, 0.25) is 5.13 Å². The standard InChI is InChI=1S/C12H15BN4O4S/c1-20-8-3-7(4-9(21-2)11(8)13(18)19)5-15-17-12-16-10(14)6-22-12/h3-6,18-19H,14H2,1-2H3,(H,16,17). The van der Waals surface area contributed by atoms with Crippen LogP contribution in [0.25, 0.3) is 0 Å². The maximum Gasteiger partial charge on any atom is 0.496 e. The number of ether oxygens (including phenoxy) is 2. The Hall–Kier alpha value is -2.30. The van der Waals surface area contributed by atoms with Gasteiger partial charge < -0.3 is 25.3 Å². The number of anilines is 2. The quantitative estimate of drug-likeness (QED) is 0.332. The van der Waals surface area contributed by atoms with Gasteiger partial charge in [-0.05, 0) is 12.1 Å². The Kier molecular flexibility index (Phi) is 5.20. The number of nitrogens with one attached hydrogen (secondary N) is 1. The van der Waals surface area contributed by atoms with Crippen molar-refractivity contribution < 1.29 is 19.5 Å². The largest absolute Gasteiger partial charge is 0.497 e. The zero-order valence-electron chi connectivity index (χ0n) is 12.0. The van der Waals surface area contributed by atoms with E-state index < -0.39 is 7.12 Å². The topological polar surface area (TPSA) is 122 Å². The summed E-state index contributed by atoms with van der Waals surface area (Å²) in [6, 6.07) is 3.22. The number of hydrogen-bond acceptors (Lipinski definition) is 9. The third-order valence-corrected chi connectivity index (χ3v) is 3.49. The van der Waals surface area contributed by atoms with E-state index in [2.05, 4.69) is 15.5 Å². The minimum atomic E-state index is -1.70. The van der Waals surface area contributed by atoms with Gasteiger partial charge in [-0.15, -0.1) is 11.3 Å². The van der Waals surface area contributed by atoms with Crippen LogP contribution in [-0.2, 0) is 0 Å². The molecule has 0 atom stereocenters. The molecule has 1 aromatic heterocycles. The summed E-state index contributed by atoms with van der Waals surface area (Å²) in [5, 5.41) is 25.1. The number of nitrogen functional groups attached to an aromatic ring is 1. The van der Waals surface area contributed by atoms with Crippen LogP contribution >= 0.6 is 11.3 Å². The van der Waals surface area contributed by atoms with Gasteiger partial charge in [0.25, 0.3) is 0 Å². The molecule has 0 saturated heterocycles. The minimum Gasteiger partial charge on any atom is -0.497 e. The van der Waals surface area contributed by atoms with Gasteiger partial charge in [0.15, 0.2) is 0 Å². The van der Waals surface area contributed by atoms with Crippen molar-refractivity contribution in [1.29, 1.82) is 0 Å². The summed E-state index contributed by atoms with van der Waals surface area (Å²) in [4.78, 5) is 4.00. The molecular formula is C12H15BN4O4S. The SMILES string of the molecule is COc1cc(C=NNc2nc(N)cs2)cc(OC)c1B(O)O. The molecule has 116 valence electrons. The highest BCUT2D eigenvalue weighted by atomic mass is 32.1. The average Bonchev–Trinajstić information content (AvgIpc) is 2.91. The molecule has 0 amide bonds. The molecule has 0 saturated carbocycles. The van der Waals surface area contributed by atoms with E-state index in [0.717, 1.165) is 0 Å². The number of thiazole rings is 1. The van der Waals surface area contributed by atoms with E-state index in [9.17, 15) is 10.0 Å². The van der Waals surface area contributed by atoms with Crippen LogP contribution in [0.2, 0.25) is 0 Å². The first kappa shape index (κ1) is 16.1. The molecule has 0 aliphatic carbocycles. The highest BCUT2D eigenvalue weighted by molar-refractivity contribution is 7.14. The van der Waals surface area contributed by atoms with Crippen LogP contribution in [0, 0.1) is 0 Å². The molecule has 0 radical (unpaired) electrons. The molecule has 8 nitrogen and oxygen atoms in total. The first-order valence-corrected chi connectivity index (χ1v) is 7.05. The molecule has 0 fully saturated rings. The molecule has 0 spiro atoms. The van der Waals surface area contributed by atoms with E-state index in [0.29, 0.717) is 16.5 Å². The Labute approximate surface area is 131 Å². The van der Waals surface area contributed by atoms with Crippen molar-refractivity contribution in [2.45, 2.75) is 0 Å². The molecule has 1 aromatic carbocycles. The summed E-state index contributed by atoms with van der Waals surface area (Å²) in [5.74, 6) is 0.996. The minimum absolute atomic E-state index is 0.155. The lowest BCUT2D eigenvalue weighted by molar-refractivity contribution is 0.385. The predicted octanol–water partition coefficient (Wildman–Crippen LogP) is -0.132. The van der Waals surface area contributed by atoms with Crippen molar-refractivity contribution in [1.82, 2.24) is 4.98 Å². The second-order valence-electron chi connectivity index (χ2n) is 4.16.